The van der Waals surface area contributed by atoms with Crippen molar-refractivity contribution >= 4 is 18.4 Å². The highest BCUT2D eigenvalue weighted by Gasteiger charge is 2.29. The maximum absolute atomic E-state index is 11.5. The molecule has 4 heteroatoms. The van der Waals surface area contributed by atoms with E-state index in [0.29, 0.717) is 6.42 Å². The molecule has 2 rings (SSSR count). The molecule has 0 aromatic heterocycles. The lowest BCUT2D eigenvalue weighted by atomic mass is 10.0. The van der Waals surface area contributed by atoms with E-state index in [1.165, 1.54) is 0 Å². The molecule has 0 fully saturated rings. The van der Waals surface area contributed by atoms with Crippen LogP contribution in [0.4, 0.5) is 0 Å². The third-order valence-electron chi connectivity index (χ3n) is 2.98. The van der Waals surface area contributed by atoms with Crippen LogP contribution in [-0.4, -0.2) is 9.79 Å². The van der Waals surface area contributed by atoms with Gasteiger partial charge in [-0.2, -0.15) is 0 Å². The molecule has 0 radical (unpaired) electrons. The highest BCUT2D eigenvalue weighted by Crippen LogP contribution is 2.54. The predicted molar refractivity (Wildman–Crippen MR) is 69.0 cm³/mol. The summed E-state index contributed by atoms with van der Waals surface area (Å²) < 4.78 is 11.5. The first-order valence-corrected chi connectivity index (χ1v) is 7.25. The van der Waals surface area contributed by atoms with E-state index >= 15 is 0 Å². The minimum atomic E-state index is -4.10. The van der Waals surface area contributed by atoms with E-state index < -0.39 is 13.3 Å². The Hall–Kier alpha value is -1.15. The maximum Gasteiger partial charge on any atom is 0.332 e. The van der Waals surface area contributed by atoms with Gasteiger partial charge < -0.3 is 9.79 Å². The summed E-state index contributed by atoms with van der Waals surface area (Å²) in [6.45, 7) is 1.80. The van der Waals surface area contributed by atoms with Crippen molar-refractivity contribution in [2.45, 2.75) is 19.0 Å². The fraction of sp³-hybridized carbons (Fsp3) is 0.231. The molecule has 0 saturated carbocycles. The van der Waals surface area contributed by atoms with Crippen LogP contribution >= 0.6 is 7.60 Å². The molecule has 0 bridgehead atoms. The van der Waals surface area contributed by atoms with Gasteiger partial charge in [-0.25, -0.2) is 0 Å². The molecule has 0 spiro atoms. The van der Waals surface area contributed by atoms with E-state index in [1.807, 2.05) is 36.4 Å². The molecule has 1 atom stereocenters. The van der Waals surface area contributed by atoms with Gasteiger partial charge in [0.25, 0.3) is 0 Å². The minimum absolute atomic E-state index is 0.429. The first-order chi connectivity index (χ1) is 8.04. The summed E-state index contributed by atoms with van der Waals surface area (Å²) in [5.74, 6) is 0. The van der Waals surface area contributed by atoms with Crippen LogP contribution in [0.1, 0.15) is 24.6 Å². The molecule has 1 unspecified atom stereocenters. The van der Waals surface area contributed by atoms with E-state index in [4.69, 9.17) is 0 Å². The SMILES string of the molecule is CCC(c1cccc2ccccc12)P(=O)(O)O. The van der Waals surface area contributed by atoms with E-state index in [9.17, 15) is 14.4 Å². The second kappa shape index (κ2) is 4.61. The molecule has 0 aliphatic heterocycles. The molecule has 3 nitrogen and oxygen atoms in total. The second-order valence-electron chi connectivity index (χ2n) is 4.08. The smallest absolute Gasteiger partial charge is 0.324 e. The average Bonchev–Trinajstić information content (AvgIpc) is 2.28. The van der Waals surface area contributed by atoms with Gasteiger partial charge in [-0.15, -0.1) is 0 Å². The van der Waals surface area contributed by atoms with Crippen LogP contribution in [0, 0.1) is 0 Å². The summed E-state index contributed by atoms with van der Waals surface area (Å²) in [4.78, 5) is 18.8. The summed E-state index contributed by atoms with van der Waals surface area (Å²) in [6, 6.07) is 13.3. The van der Waals surface area contributed by atoms with Gasteiger partial charge in [-0.1, -0.05) is 49.4 Å². The van der Waals surface area contributed by atoms with E-state index in [-0.39, 0.29) is 0 Å². The molecule has 2 N–H and O–H groups in total. The standard InChI is InChI=1S/C13H15O3P/c1-2-13(17(14,15)16)12-9-5-7-10-6-3-4-8-11(10)12/h3-9,13H,2H2,1H3,(H2,14,15,16). The Morgan fingerprint density at radius 3 is 2.41 bits per heavy atom. The van der Waals surface area contributed by atoms with Gasteiger partial charge in [0.1, 0.15) is 0 Å². The Bertz CT molecular complexity index is 568. The van der Waals surface area contributed by atoms with Crippen LogP contribution in [0.25, 0.3) is 10.8 Å². The van der Waals surface area contributed by atoms with Crippen LogP contribution in [0.2, 0.25) is 0 Å². The van der Waals surface area contributed by atoms with E-state index in [2.05, 4.69) is 0 Å². The summed E-state index contributed by atoms with van der Waals surface area (Å²) in [7, 11) is -4.10. The summed E-state index contributed by atoms with van der Waals surface area (Å²) in [5, 5.41) is 1.93. The fourth-order valence-corrected chi connectivity index (χ4v) is 3.24. The largest absolute Gasteiger partial charge is 0.332 e. The van der Waals surface area contributed by atoms with Gasteiger partial charge in [0.05, 0.1) is 5.66 Å². The zero-order valence-corrected chi connectivity index (χ0v) is 10.5. The Morgan fingerprint density at radius 2 is 1.76 bits per heavy atom. The van der Waals surface area contributed by atoms with E-state index in [0.717, 1.165) is 16.3 Å². The minimum Gasteiger partial charge on any atom is -0.324 e. The lowest BCUT2D eigenvalue weighted by Gasteiger charge is -2.18. The van der Waals surface area contributed by atoms with Crippen LogP contribution < -0.4 is 0 Å². The monoisotopic (exact) mass is 250 g/mol. The van der Waals surface area contributed by atoms with Crippen molar-refractivity contribution in [3.63, 3.8) is 0 Å². The predicted octanol–water partition coefficient (Wildman–Crippen LogP) is 3.47. The molecule has 90 valence electrons. The molecule has 0 amide bonds. The lowest BCUT2D eigenvalue weighted by Crippen LogP contribution is -1.99. The van der Waals surface area contributed by atoms with Crippen LogP contribution in [0.3, 0.4) is 0 Å². The Morgan fingerprint density at radius 1 is 1.12 bits per heavy atom. The molecule has 2 aromatic rings. The Labute approximate surface area is 100 Å². The molecule has 0 aliphatic carbocycles. The van der Waals surface area contributed by atoms with Crippen molar-refractivity contribution < 1.29 is 14.4 Å². The van der Waals surface area contributed by atoms with Crippen LogP contribution in [-0.2, 0) is 4.57 Å². The lowest BCUT2D eigenvalue weighted by molar-refractivity contribution is 0.357. The van der Waals surface area contributed by atoms with Gasteiger partial charge in [0.15, 0.2) is 0 Å². The third-order valence-corrected chi connectivity index (χ3v) is 4.43. The van der Waals surface area contributed by atoms with Gasteiger partial charge in [0, 0.05) is 0 Å². The van der Waals surface area contributed by atoms with Crippen molar-refractivity contribution in [2.24, 2.45) is 0 Å². The normalized spacial score (nSPS) is 13.8. The van der Waals surface area contributed by atoms with Gasteiger partial charge in [0.2, 0.25) is 0 Å². The molecule has 2 aromatic carbocycles. The maximum atomic E-state index is 11.5. The topological polar surface area (TPSA) is 57.5 Å². The number of rotatable bonds is 3. The molecule has 17 heavy (non-hydrogen) atoms. The highest BCUT2D eigenvalue weighted by molar-refractivity contribution is 7.52. The Kier molecular flexibility index (Phi) is 3.34. The van der Waals surface area contributed by atoms with Crippen molar-refractivity contribution in [1.82, 2.24) is 0 Å². The molecular weight excluding hydrogens is 235 g/mol. The highest BCUT2D eigenvalue weighted by atomic mass is 31.2. The fourth-order valence-electron chi connectivity index (χ4n) is 2.18. The van der Waals surface area contributed by atoms with E-state index in [1.54, 1.807) is 13.0 Å². The van der Waals surface area contributed by atoms with Crippen molar-refractivity contribution in [1.29, 1.82) is 0 Å². The molecule has 0 aliphatic rings. The van der Waals surface area contributed by atoms with Crippen molar-refractivity contribution in [3.8, 4) is 0 Å². The number of benzene rings is 2. The average molecular weight is 250 g/mol. The Balaban J connectivity index is 2.66. The van der Waals surface area contributed by atoms with Gasteiger partial charge in [-0.05, 0) is 22.8 Å². The number of hydrogen-bond acceptors (Lipinski definition) is 1. The summed E-state index contributed by atoms with van der Waals surface area (Å²) >= 11 is 0. The summed E-state index contributed by atoms with van der Waals surface area (Å²) in [6.07, 6.45) is 0.429. The molecule has 0 saturated heterocycles. The second-order valence-corrected chi connectivity index (χ2v) is 5.88. The quantitative estimate of drug-likeness (QED) is 0.820. The zero-order chi connectivity index (χ0) is 12.5. The summed E-state index contributed by atoms with van der Waals surface area (Å²) in [5.41, 5.74) is 0.0209. The van der Waals surface area contributed by atoms with Gasteiger partial charge >= 0.3 is 7.60 Å². The molecule has 0 heterocycles. The van der Waals surface area contributed by atoms with Gasteiger partial charge in [-0.3, -0.25) is 4.57 Å². The van der Waals surface area contributed by atoms with Crippen LogP contribution in [0.15, 0.2) is 42.5 Å². The number of hydrogen-bond donors (Lipinski definition) is 2. The first-order valence-electron chi connectivity index (χ1n) is 5.57. The third kappa shape index (κ3) is 2.42. The zero-order valence-electron chi connectivity index (χ0n) is 9.58. The van der Waals surface area contributed by atoms with Crippen molar-refractivity contribution in [2.75, 3.05) is 0 Å². The van der Waals surface area contributed by atoms with Crippen molar-refractivity contribution in [3.05, 3.63) is 48.0 Å². The first kappa shape index (κ1) is 12.3. The number of fused-ring (bicyclic) bond motifs is 1. The van der Waals surface area contributed by atoms with Crippen LogP contribution in [0.5, 0.6) is 0 Å². The molecular formula is C13H15O3P.